The van der Waals surface area contributed by atoms with E-state index in [0.717, 1.165) is 12.1 Å². The van der Waals surface area contributed by atoms with Gasteiger partial charge in [0.2, 0.25) is 0 Å². The van der Waals surface area contributed by atoms with E-state index in [1.165, 1.54) is 31.4 Å². The zero-order chi connectivity index (χ0) is 12.3. The van der Waals surface area contributed by atoms with Crippen molar-refractivity contribution >= 4 is 5.69 Å². The summed E-state index contributed by atoms with van der Waals surface area (Å²) in [5.41, 5.74) is 2.28. The van der Waals surface area contributed by atoms with Gasteiger partial charge < -0.3 is 10.0 Å². The van der Waals surface area contributed by atoms with Crippen molar-refractivity contribution in [3.63, 3.8) is 0 Å². The summed E-state index contributed by atoms with van der Waals surface area (Å²) in [7, 11) is 0. The molecule has 1 atom stereocenters. The fourth-order valence-corrected chi connectivity index (χ4v) is 2.94. The molecule has 0 aliphatic heterocycles. The molecule has 1 aliphatic carbocycles. The first-order valence-corrected chi connectivity index (χ1v) is 6.77. The van der Waals surface area contributed by atoms with E-state index in [2.05, 4.69) is 24.0 Å². The Labute approximate surface area is 104 Å². The van der Waals surface area contributed by atoms with E-state index in [4.69, 9.17) is 0 Å². The van der Waals surface area contributed by atoms with Gasteiger partial charge in [-0.15, -0.1) is 0 Å². The maximum atomic E-state index is 9.87. The maximum Gasteiger partial charge on any atom is 0.0781 e. The lowest BCUT2D eigenvalue weighted by Gasteiger charge is -2.32. The van der Waals surface area contributed by atoms with Crippen molar-refractivity contribution in [3.05, 3.63) is 29.8 Å². The molecule has 2 heteroatoms. The standard InChI is InChI=1S/C15H23NO/c1-3-16(13-8-4-5-9-13)15-11-7-6-10-14(15)12(2)17/h6-7,10-13,17H,3-5,8-9H2,1-2H3/t12-/m1/s1. The minimum Gasteiger partial charge on any atom is -0.389 e. The summed E-state index contributed by atoms with van der Waals surface area (Å²) in [6.07, 6.45) is 4.89. The third-order valence-electron chi connectivity index (χ3n) is 3.80. The number of para-hydroxylation sites is 1. The highest BCUT2D eigenvalue weighted by molar-refractivity contribution is 5.55. The van der Waals surface area contributed by atoms with Crippen LogP contribution in [0.15, 0.2) is 24.3 Å². The number of anilines is 1. The van der Waals surface area contributed by atoms with Crippen molar-refractivity contribution in [2.75, 3.05) is 11.4 Å². The molecular formula is C15H23NO. The Morgan fingerprint density at radius 1 is 1.29 bits per heavy atom. The Balaban J connectivity index is 2.29. The molecule has 94 valence electrons. The van der Waals surface area contributed by atoms with Gasteiger partial charge in [-0.3, -0.25) is 0 Å². The van der Waals surface area contributed by atoms with Crippen LogP contribution in [-0.4, -0.2) is 17.7 Å². The number of hydrogen-bond acceptors (Lipinski definition) is 2. The molecule has 0 aromatic heterocycles. The first-order chi connectivity index (χ1) is 8.24. The van der Waals surface area contributed by atoms with Crippen LogP contribution in [-0.2, 0) is 0 Å². The molecule has 0 heterocycles. The van der Waals surface area contributed by atoms with E-state index in [1.807, 2.05) is 19.1 Å². The summed E-state index contributed by atoms with van der Waals surface area (Å²) in [6.45, 7) is 5.08. The normalized spacial score (nSPS) is 18.3. The lowest BCUT2D eigenvalue weighted by atomic mass is 10.1. The van der Waals surface area contributed by atoms with E-state index in [1.54, 1.807) is 0 Å². The molecule has 1 fully saturated rings. The van der Waals surface area contributed by atoms with Gasteiger partial charge in [0.25, 0.3) is 0 Å². The van der Waals surface area contributed by atoms with Crippen molar-refractivity contribution < 1.29 is 5.11 Å². The van der Waals surface area contributed by atoms with Gasteiger partial charge in [0.1, 0.15) is 0 Å². The first kappa shape index (κ1) is 12.4. The van der Waals surface area contributed by atoms with Crippen molar-refractivity contribution in [1.82, 2.24) is 0 Å². The van der Waals surface area contributed by atoms with Crippen LogP contribution in [0.2, 0.25) is 0 Å². The molecule has 0 amide bonds. The Morgan fingerprint density at radius 2 is 1.94 bits per heavy atom. The summed E-state index contributed by atoms with van der Waals surface area (Å²) in [5, 5.41) is 9.87. The first-order valence-electron chi connectivity index (χ1n) is 6.77. The average Bonchev–Trinajstić information content (AvgIpc) is 2.84. The molecule has 0 saturated heterocycles. The fourth-order valence-electron chi connectivity index (χ4n) is 2.94. The third kappa shape index (κ3) is 2.63. The van der Waals surface area contributed by atoms with Crippen molar-refractivity contribution in [2.24, 2.45) is 0 Å². The molecule has 0 unspecified atom stereocenters. The number of aliphatic hydroxyl groups is 1. The van der Waals surface area contributed by atoms with Gasteiger partial charge in [0.05, 0.1) is 6.10 Å². The topological polar surface area (TPSA) is 23.5 Å². The monoisotopic (exact) mass is 233 g/mol. The molecule has 0 radical (unpaired) electrons. The minimum atomic E-state index is -0.387. The predicted molar refractivity (Wildman–Crippen MR) is 72.4 cm³/mol. The molecule has 0 bridgehead atoms. The second-order valence-corrected chi connectivity index (χ2v) is 4.96. The Morgan fingerprint density at radius 3 is 2.53 bits per heavy atom. The van der Waals surface area contributed by atoms with Crippen LogP contribution in [0, 0.1) is 0 Å². The second kappa shape index (κ2) is 5.54. The van der Waals surface area contributed by atoms with E-state index in [0.29, 0.717) is 6.04 Å². The summed E-state index contributed by atoms with van der Waals surface area (Å²) < 4.78 is 0. The van der Waals surface area contributed by atoms with Gasteiger partial charge in [0.15, 0.2) is 0 Å². The van der Waals surface area contributed by atoms with Gasteiger partial charge >= 0.3 is 0 Å². The van der Waals surface area contributed by atoms with E-state index in [9.17, 15) is 5.11 Å². The van der Waals surface area contributed by atoms with Crippen LogP contribution in [0.4, 0.5) is 5.69 Å². The van der Waals surface area contributed by atoms with Gasteiger partial charge in [-0.25, -0.2) is 0 Å². The second-order valence-electron chi connectivity index (χ2n) is 4.96. The summed E-state index contributed by atoms with van der Waals surface area (Å²) in [4.78, 5) is 2.47. The molecule has 2 rings (SSSR count). The minimum absolute atomic E-state index is 0.387. The van der Waals surface area contributed by atoms with E-state index < -0.39 is 0 Å². The number of rotatable bonds is 4. The summed E-state index contributed by atoms with van der Waals surface area (Å²) in [5.74, 6) is 0. The van der Waals surface area contributed by atoms with E-state index in [-0.39, 0.29) is 6.10 Å². The Hall–Kier alpha value is -1.02. The van der Waals surface area contributed by atoms with Crippen LogP contribution in [0.1, 0.15) is 51.2 Å². The highest BCUT2D eigenvalue weighted by atomic mass is 16.3. The van der Waals surface area contributed by atoms with Gasteiger partial charge in [0, 0.05) is 23.8 Å². The highest BCUT2D eigenvalue weighted by Crippen LogP contribution is 2.32. The van der Waals surface area contributed by atoms with Crippen LogP contribution >= 0.6 is 0 Å². The maximum absolute atomic E-state index is 9.87. The van der Waals surface area contributed by atoms with Gasteiger partial charge in [-0.2, -0.15) is 0 Å². The molecule has 1 aliphatic rings. The van der Waals surface area contributed by atoms with Crippen molar-refractivity contribution in [2.45, 2.75) is 51.7 Å². The van der Waals surface area contributed by atoms with Crippen molar-refractivity contribution in [1.29, 1.82) is 0 Å². The number of nitrogens with zero attached hydrogens (tertiary/aromatic N) is 1. The molecular weight excluding hydrogens is 210 g/mol. The number of benzene rings is 1. The molecule has 1 aromatic rings. The molecule has 1 aromatic carbocycles. The molecule has 1 N–H and O–H groups in total. The Bertz CT molecular complexity index is 356. The van der Waals surface area contributed by atoms with Gasteiger partial charge in [-0.05, 0) is 32.8 Å². The lowest BCUT2D eigenvalue weighted by molar-refractivity contribution is 0.199. The van der Waals surface area contributed by atoms with Crippen LogP contribution in [0.25, 0.3) is 0 Å². The quantitative estimate of drug-likeness (QED) is 0.860. The fraction of sp³-hybridized carbons (Fsp3) is 0.600. The summed E-state index contributed by atoms with van der Waals surface area (Å²) in [6, 6.07) is 8.92. The highest BCUT2D eigenvalue weighted by Gasteiger charge is 2.23. The summed E-state index contributed by atoms with van der Waals surface area (Å²) >= 11 is 0. The van der Waals surface area contributed by atoms with Crippen molar-refractivity contribution in [3.8, 4) is 0 Å². The molecule has 1 saturated carbocycles. The smallest absolute Gasteiger partial charge is 0.0781 e. The molecule has 17 heavy (non-hydrogen) atoms. The van der Waals surface area contributed by atoms with Crippen LogP contribution < -0.4 is 4.90 Å². The zero-order valence-electron chi connectivity index (χ0n) is 10.9. The largest absolute Gasteiger partial charge is 0.389 e. The molecule has 2 nitrogen and oxygen atoms in total. The number of hydrogen-bond donors (Lipinski definition) is 1. The van der Waals surface area contributed by atoms with Gasteiger partial charge in [-0.1, -0.05) is 31.0 Å². The van der Waals surface area contributed by atoms with Crippen LogP contribution in [0.5, 0.6) is 0 Å². The van der Waals surface area contributed by atoms with Crippen LogP contribution in [0.3, 0.4) is 0 Å². The Kier molecular flexibility index (Phi) is 4.06. The molecule has 0 spiro atoms. The average molecular weight is 233 g/mol. The number of aliphatic hydroxyl groups excluding tert-OH is 1. The SMILES string of the molecule is CCN(c1ccccc1[C@@H](C)O)C1CCCC1. The zero-order valence-corrected chi connectivity index (χ0v) is 10.9. The predicted octanol–water partition coefficient (Wildman–Crippen LogP) is 3.51. The lowest BCUT2D eigenvalue weighted by Crippen LogP contribution is -2.33. The van der Waals surface area contributed by atoms with E-state index >= 15 is 0 Å². The third-order valence-corrected chi connectivity index (χ3v) is 3.80.